The summed E-state index contributed by atoms with van der Waals surface area (Å²) in [6.45, 7) is -2.86. The minimum absolute atomic E-state index is 0.0444. The van der Waals surface area contributed by atoms with E-state index in [2.05, 4.69) is 31.2 Å². The summed E-state index contributed by atoms with van der Waals surface area (Å²) < 4.78 is 28.5. The molecule has 0 saturated carbocycles. The van der Waals surface area contributed by atoms with Crippen molar-refractivity contribution in [2.45, 2.75) is 6.61 Å². The van der Waals surface area contributed by atoms with E-state index in [1.165, 1.54) is 16.9 Å². The van der Waals surface area contributed by atoms with Gasteiger partial charge in [-0.2, -0.15) is 8.78 Å². The third-order valence-electron chi connectivity index (χ3n) is 2.21. The third kappa shape index (κ3) is 1.88. The molecule has 0 aliphatic heterocycles. The van der Waals surface area contributed by atoms with E-state index in [-0.39, 0.29) is 5.75 Å². The Hall–Kier alpha value is -2.51. The van der Waals surface area contributed by atoms with Gasteiger partial charge in [0, 0.05) is 6.07 Å². The molecule has 2 aromatic heterocycles. The lowest BCUT2D eigenvalue weighted by atomic mass is 10.3. The fourth-order valence-electron chi connectivity index (χ4n) is 1.49. The topological polar surface area (TPSA) is 68.6 Å². The number of ether oxygens (including phenoxy) is 1. The summed E-state index contributed by atoms with van der Waals surface area (Å²) in [7, 11) is 0. The lowest BCUT2D eigenvalue weighted by molar-refractivity contribution is -0.0498. The van der Waals surface area contributed by atoms with Crippen LogP contribution in [0.3, 0.4) is 0 Å². The molecular formula is C10H6F2N5O. The number of fused-ring (bicyclic) bond motifs is 1. The predicted octanol–water partition coefficient (Wildman–Crippen LogP) is 1.55. The van der Waals surface area contributed by atoms with Crippen LogP contribution in [0, 0.1) is 6.33 Å². The second kappa shape index (κ2) is 4.06. The summed E-state index contributed by atoms with van der Waals surface area (Å²) in [6, 6.07) is 6.08. The predicted molar refractivity (Wildman–Crippen MR) is 56.5 cm³/mol. The molecule has 0 spiro atoms. The van der Waals surface area contributed by atoms with Crippen LogP contribution in [0.25, 0.3) is 17.0 Å². The first kappa shape index (κ1) is 10.6. The average Bonchev–Trinajstić information content (AvgIpc) is 2.88. The first-order chi connectivity index (χ1) is 8.72. The second-order valence-corrected chi connectivity index (χ2v) is 3.39. The van der Waals surface area contributed by atoms with Crippen LogP contribution < -0.4 is 4.74 Å². The van der Waals surface area contributed by atoms with Crippen LogP contribution >= 0.6 is 0 Å². The molecule has 0 unspecified atom stereocenters. The van der Waals surface area contributed by atoms with Crippen molar-refractivity contribution < 1.29 is 13.5 Å². The molecule has 0 fully saturated rings. The summed E-state index contributed by atoms with van der Waals surface area (Å²) >= 11 is 0. The van der Waals surface area contributed by atoms with Crippen molar-refractivity contribution in [1.82, 2.24) is 25.0 Å². The number of imidazole rings is 1. The highest BCUT2D eigenvalue weighted by atomic mass is 19.3. The maximum absolute atomic E-state index is 12.1. The summed E-state index contributed by atoms with van der Waals surface area (Å²) in [4.78, 5) is 7.76. The molecule has 8 heteroatoms. The van der Waals surface area contributed by atoms with Crippen LogP contribution in [0.4, 0.5) is 8.78 Å². The fourth-order valence-corrected chi connectivity index (χ4v) is 1.49. The standard InChI is InChI=1S/C10H6F2N5O/c11-10(12)18-7-3-1-2-6(4-7)17-15-8-9(16-17)14-5-13-8/h1-4,10H,(H,13,14,15,16). The molecule has 0 aliphatic carbocycles. The van der Waals surface area contributed by atoms with Gasteiger partial charge in [0.1, 0.15) is 5.75 Å². The van der Waals surface area contributed by atoms with Gasteiger partial charge in [0.2, 0.25) is 11.3 Å². The summed E-state index contributed by atoms with van der Waals surface area (Å²) in [5.74, 6) is 0.0444. The Balaban J connectivity index is 1.98. The molecule has 0 amide bonds. The molecule has 0 saturated heterocycles. The Morgan fingerprint density at radius 2 is 2.22 bits per heavy atom. The van der Waals surface area contributed by atoms with Crippen LogP contribution in [-0.2, 0) is 0 Å². The summed E-state index contributed by atoms with van der Waals surface area (Å²) in [6.07, 6.45) is 2.50. The van der Waals surface area contributed by atoms with E-state index in [0.717, 1.165) is 0 Å². The number of aromatic nitrogens is 5. The molecule has 3 aromatic rings. The molecule has 1 radical (unpaired) electrons. The Labute approximate surface area is 99.2 Å². The zero-order valence-electron chi connectivity index (χ0n) is 8.84. The van der Waals surface area contributed by atoms with Crippen LogP contribution in [0.2, 0.25) is 0 Å². The number of hydrogen-bond donors (Lipinski definition) is 1. The molecule has 2 heterocycles. The summed E-state index contributed by atoms with van der Waals surface area (Å²) in [5, 5.41) is 8.13. The lowest BCUT2D eigenvalue weighted by Crippen LogP contribution is -2.04. The van der Waals surface area contributed by atoms with Gasteiger partial charge in [-0.15, -0.1) is 15.0 Å². The lowest BCUT2D eigenvalue weighted by Gasteiger charge is -2.05. The van der Waals surface area contributed by atoms with Crippen molar-refractivity contribution in [2.75, 3.05) is 0 Å². The van der Waals surface area contributed by atoms with Crippen molar-refractivity contribution in [2.24, 2.45) is 0 Å². The van der Waals surface area contributed by atoms with Gasteiger partial charge in [-0.1, -0.05) is 6.07 Å². The van der Waals surface area contributed by atoms with Crippen molar-refractivity contribution in [1.29, 1.82) is 0 Å². The number of nitrogens with one attached hydrogen (secondary N) is 1. The van der Waals surface area contributed by atoms with Gasteiger partial charge >= 0.3 is 6.61 Å². The molecule has 0 bridgehead atoms. The van der Waals surface area contributed by atoms with Gasteiger partial charge in [0.15, 0.2) is 6.33 Å². The van der Waals surface area contributed by atoms with Crippen molar-refractivity contribution in [3.63, 3.8) is 0 Å². The van der Waals surface area contributed by atoms with E-state index in [4.69, 9.17) is 0 Å². The quantitative estimate of drug-likeness (QED) is 0.765. The van der Waals surface area contributed by atoms with E-state index in [1.807, 2.05) is 0 Å². The van der Waals surface area contributed by atoms with Crippen molar-refractivity contribution in [3.8, 4) is 11.4 Å². The smallest absolute Gasteiger partial charge is 0.387 e. The van der Waals surface area contributed by atoms with E-state index >= 15 is 0 Å². The molecule has 91 valence electrons. The van der Waals surface area contributed by atoms with Gasteiger partial charge in [-0.3, -0.25) is 0 Å². The summed E-state index contributed by atoms with van der Waals surface area (Å²) in [5.41, 5.74) is 1.37. The SMILES string of the molecule is FC(F)Oc1cccc(-n2nc3n[c][nH]c3n2)c1. The van der Waals surface area contributed by atoms with Crippen LogP contribution in [0.1, 0.15) is 0 Å². The Morgan fingerprint density at radius 3 is 3.00 bits per heavy atom. The van der Waals surface area contributed by atoms with Gasteiger partial charge in [-0.25, -0.2) is 4.98 Å². The number of halogens is 2. The van der Waals surface area contributed by atoms with Gasteiger partial charge in [-0.05, 0) is 12.1 Å². The monoisotopic (exact) mass is 250 g/mol. The number of alkyl halides is 2. The molecule has 1 N–H and O–H groups in total. The average molecular weight is 250 g/mol. The number of hydrogen-bond acceptors (Lipinski definition) is 4. The van der Waals surface area contributed by atoms with Crippen molar-refractivity contribution >= 4 is 11.3 Å². The molecule has 0 aliphatic rings. The van der Waals surface area contributed by atoms with E-state index < -0.39 is 6.61 Å². The zero-order chi connectivity index (χ0) is 12.5. The number of rotatable bonds is 3. The van der Waals surface area contributed by atoms with E-state index in [9.17, 15) is 8.78 Å². The van der Waals surface area contributed by atoms with Gasteiger partial charge in [0.05, 0.1) is 5.69 Å². The number of benzene rings is 1. The maximum atomic E-state index is 12.1. The molecule has 18 heavy (non-hydrogen) atoms. The minimum Gasteiger partial charge on any atom is -0.435 e. The first-order valence-electron chi connectivity index (χ1n) is 4.97. The number of nitrogens with zero attached hydrogens (tertiary/aromatic N) is 4. The third-order valence-corrected chi connectivity index (χ3v) is 2.21. The molecule has 3 rings (SSSR count). The highest BCUT2D eigenvalue weighted by Gasteiger charge is 2.09. The molecular weight excluding hydrogens is 244 g/mol. The van der Waals surface area contributed by atoms with E-state index in [0.29, 0.717) is 17.0 Å². The number of H-pyrrole nitrogens is 1. The van der Waals surface area contributed by atoms with Crippen LogP contribution in [-0.4, -0.2) is 31.6 Å². The minimum atomic E-state index is -2.86. The van der Waals surface area contributed by atoms with Crippen LogP contribution in [0.15, 0.2) is 24.3 Å². The van der Waals surface area contributed by atoms with Gasteiger partial charge in [0.25, 0.3) is 0 Å². The highest BCUT2D eigenvalue weighted by Crippen LogP contribution is 2.18. The van der Waals surface area contributed by atoms with Crippen LogP contribution in [0.5, 0.6) is 5.75 Å². The number of aromatic amines is 1. The second-order valence-electron chi connectivity index (χ2n) is 3.39. The van der Waals surface area contributed by atoms with Crippen molar-refractivity contribution in [3.05, 3.63) is 30.6 Å². The largest absolute Gasteiger partial charge is 0.435 e. The zero-order valence-corrected chi connectivity index (χ0v) is 8.84. The highest BCUT2D eigenvalue weighted by molar-refractivity contribution is 5.63. The van der Waals surface area contributed by atoms with Gasteiger partial charge < -0.3 is 9.72 Å². The normalized spacial score (nSPS) is 11.3. The Morgan fingerprint density at radius 1 is 1.33 bits per heavy atom. The molecule has 6 nitrogen and oxygen atoms in total. The van der Waals surface area contributed by atoms with E-state index in [1.54, 1.807) is 12.1 Å². The fraction of sp³-hybridized carbons (Fsp3) is 0.100. The first-order valence-corrected chi connectivity index (χ1v) is 4.97. The maximum Gasteiger partial charge on any atom is 0.387 e. The molecule has 1 aromatic carbocycles. The Kier molecular flexibility index (Phi) is 2.40. The molecule has 0 atom stereocenters. The Bertz CT molecular complexity index is 649.